The van der Waals surface area contributed by atoms with Gasteiger partial charge in [0.2, 0.25) is 10.0 Å². The number of sulfonamides is 1. The number of aryl methyl sites for hydroxylation is 1. The second-order valence-electron chi connectivity index (χ2n) is 5.59. The maximum absolute atomic E-state index is 12.4. The van der Waals surface area contributed by atoms with Crippen LogP contribution in [-0.2, 0) is 10.0 Å². The zero-order valence-electron chi connectivity index (χ0n) is 12.5. The van der Waals surface area contributed by atoms with E-state index in [1.807, 2.05) is 13.0 Å². The van der Waals surface area contributed by atoms with E-state index >= 15 is 0 Å². The molecule has 1 rings (SSSR count). The Balaban J connectivity index is 2.92. The SMILES string of the molecule is Cc1ccc(C#N)cc1S(=O)(=O)NC(C)CCC(C)C. The van der Waals surface area contributed by atoms with Gasteiger partial charge in [-0.2, -0.15) is 5.26 Å². The summed E-state index contributed by atoms with van der Waals surface area (Å²) in [6.07, 6.45) is 1.77. The molecule has 1 atom stereocenters. The molecule has 0 saturated heterocycles. The molecule has 110 valence electrons. The molecular formula is C15H22N2O2S. The minimum atomic E-state index is -3.57. The highest BCUT2D eigenvalue weighted by molar-refractivity contribution is 7.89. The molecule has 0 radical (unpaired) electrons. The number of hydrogen-bond donors (Lipinski definition) is 1. The number of nitrogens with one attached hydrogen (secondary N) is 1. The summed E-state index contributed by atoms with van der Waals surface area (Å²) in [6.45, 7) is 7.82. The van der Waals surface area contributed by atoms with E-state index in [9.17, 15) is 8.42 Å². The Kier molecular flexibility index (Phi) is 5.73. The third-order valence-corrected chi connectivity index (χ3v) is 4.87. The third kappa shape index (κ3) is 4.62. The van der Waals surface area contributed by atoms with Crippen molar-refractivity contribution in [2.24, 2.45) is 5.92 Å². The van der Waals surface area contributed by atoms with Gasteiger partial charge in [-0.05, 0) is 50.3 Å². The van der Waals surface area contributed by atoms with Gasteiger partial charge in [0, 0.05) is 6.04 Å². The van der Waals surface area contributed by atoms with Crippen molar-refractivity contribution >= 4 is 10.0 Å². The first-order chi connectivity index (χ1) is 9.26. The van der Waals surface area contributed by atoms with E-state index in [1.165, 1.54) is 6.07 Å². The van der Waals surface area contributed by atoms with Crippen molar-refractivity contribution in [1.29, 1.82) is 5.26 Å². The molecule has 0 aliphatic rings. The molecule has 0 spiro atoms. The highest BCUT2D eigenvalue weighted by atomic mass is 32.2. The van der Waals surface area contributed by atoms with Crippen LogP contribution in [0, 0.1) is 24.2 Å². The molecule has 0 aromatic heterocycles. The minimum absolute atomic E-state index is 0.118. The normalized spacial score (nSPS) is 13.2. The summed E-state index contributed by atoms with van der Waals surface area (Å²) in [7, 11) is -3.57. The van der Waals surface area contributed by atoms with E-state index < -0.39 is 10.0 Å². The number of nitriles is 1. The first-order valence-corrected chi connectivity index (χ1v) is 8.27. The van der Waals surface area contributed by atoms with Crippen LogP contribution in [0.15, 0.2) is 23.1 Å². The Bertz CT molecular complexity index is 601. The second-order valence-corrected chi connectivity index (χ2v) is 7.27. The van der Waals surface area contributed by atoms with Gasteiger partial charge >= 0.3 is 0 Å². The van der Waals surface area contributed by atoms with E-state index in [0.29, 0.717) is 17.0 Å². The summed E-state index contributed by atoms with van der Waals surface area (Å²) >= 11 is 0. The van der Waals surface area contributed by atoms with Gasteiger partial charge in [0.25, 0.3) is 0 Å². The van der Waals surface area contributed by atoms with Crippen LogP contribution < -0.4 is 4.72 Å². The van der Waals surface area contributed by atoms with Crippen molar-refractivity contribution in [3.63, 3.8) is 0 Å². The second kappa shape index (κ2) is 6.87. The Morgan fingerprint density at radius 1 is 1.25 bits per heavy atom. The lowest BCUT2D eigenvalue weighted by atomic mass is 10.1. The third-order valence-electron chi connectivity index (χ3n) is 3.14. The van der Waals surface area contributed by atoms with Gasteiger partial charge in [0.1, 0.15) is 0 Å². The van der Waals surface area contributed by atoms with E-state index in [2.05, 4.69) is 18.6 Å². The molecule has 0 bridgehead atoms. The van der Waals surface area contributed by atoms with Crippen molar-refractivity contribution in [3.05, 3.63) is 29.3 Å². The number of nitrogens with zero attached hydrogens (tertiary/aromatic N) is 1. The zero-order chi connectivity index (χ0) is 15.3. The van der Waals surface area contributed by atoms with Crippen LogP contribution in [0.2, 0.25) is 0 Å². The fraction of sp³-hybridized carbons (Fsp3) is 0.533. The van der Waals surface area contributed by atoms with Crippen LogP contribution in [0.1, 0.15) is 44.7 Å². The summed E-state index contributed by atoms with van der Waals surface area (Å²) in [6, 6.07) is 6.55. The van der Waals surface area contributed by atoms with Crippen molar-refractivity contribution in [3.8, 4) is 6.07 Å². The van der Waals surface area contributed by atoms with Crippen molar-refractivity contribution in [1.82, 2.24) is 4.72 Å². The van der Waals surface area contributed by atoms with Crippen molar-refractivity contribution in [2.45, 2.75) is 51.5 Å². The van der Waals surface area contributed by atoms with E-state index in [-0.39, 0.29) is 10.9 Å². The summed E-state index contributed by atoms with van der Waals surface area (Å²) in [5, 5.41) is 8.88. The minimum Gasteiger partial charge on any atom is -0.208 e. The maximum atomic E-state index is 12.4. The summed E-state index contributed by atoms with van der Waals surface area (Å²) in [5.41, 5.74) is 0.998. The van der Waals surface area contributed by atoms with E-state index in [1.54, 1.807) is 19.1 Å². The molecule has 1 N–H and O–H groups in total. The van der Waals surface area contributed by atoms with Crippen LogP contribution in [0.4, 0.5) is 0 Å². The largest absolute Gasteiger partial charge is 0.241 e. The first kappa shape index (κ1) is 16.7. The summed E-state index contributed by atoms with van der Waals surface area (Å²) in [5.74, 6) is 0.547. The van der Waals surface area contributed by atoms with Crippen LogP contribution in [0.3, 0.4) is 0 Å². The fourth-order valence-electron chi connectivity index (χ4n) is 1.93. The Morgan fingerprint density at radius 2 is 1.90 bits per heavy atom. The van der Waals surface area contributed by atoms with Gasteiger partial charge in [0.05, 0.1) is 16.5 Å². The van der Waals surface area contributed by atoms with Gasteiger partial charge in [-0.1, -0.05) is 19.9 Å². The monoisotopic (exact) mass is 294 g/mol. The van der Waals surface area contributed by atoms with Crippen LogP contribution in [0.25, 0.3) is 0 Å². The van der Waals surface area contributed by atoms with Crippen LogP contribution >= 0.6 is 0 Å². The van der Waals surface area contributed by atoms with Gasteiger partial charge in [-0.15, -0.1) is 0 Å². The quantitative estimate of drug-likeness (QED) is 0.877. The van der Waals surface area contributed by atoms with E-state index in [4.69, 9.17) is 5.26 Å². The molecule has 0 aliphatic heterocycles. The molecule has 4 nitrogen and oxygen atoms in total. The number of rotatable bonds is 6. The van der Waals surface area contributed by atoms with Crippen LogP contribution in [-0.4, -0.2) is 14.5 Å². The van der Waals surface area contributed by atoms with Crippen LogP contribution in [0.5, 0.6) is 0 Å². The molecule has 0 saturated carbocycles. The molecule has 1 aromatic carbocycles. The summed E-state index contributed by atoms with van der Waals surface area (Å²) < 4.78 is 27.4. The molecule has 5 heteroatoms. The predicted octanol–water partition coefficient (Wildman–Crippen LogP) is 2.97. The van der Waals surface area contributed by atoms with Gasteiger partial charge in [-0.25, -0.2) is 13.1 Å². The average molecular weight is 294 g/mol. The standard InChI is InChI=1S/C15H22N2O2S/c1-11(2)5-7-13(4)17-20(18,19)15-9-14(10-16)8-6-12(15)3/h6,8-9,11,13,17H,5,7H2,1-4H3. The molecule has 0 aliphatic carbocycles. The zero-order valence-corrected chi connectivity index (χ0v) is 13.3. The molecule has 0 amide bonds. The molecule has 1 aromatic rings. The molecule has 0 fully saturated rings. The smallest absolute Gasteiger partial charge is 0.208 e. The van der Waals surface area contributed by atoms with Gasteiger partial charge in [0.15, 0.2) is 0 Å². The highest BCUT2D eigenvalue weighted by Gasteiger charge is 2.20. The van der Waals surface area contributed by atoms with Gasteiger partial charge < -0.3 is 0 Å². The lowest BCUT2D eigenvalue weighted by Gasteiger charge is -2.16. The first-order valence-electron chi connectivity index (χ1n) is 6.79. The average Bonchev–Trinajstić information content (AvgIpc) is 2.36. The van der Waals surface area contributed by atoms with Gasteiger partial charge in [-0.3, -0.25) is 0 Å². The lowest BCUT2D eigenvalue weighted by Crippen LogP contribution is -2.33. The molecule has 0 heterocycles. The predicted molar refractivity (Wildman–Crippen MR) is 79.7 cm³/mol. The molecule has 1 unspecified atom stereocenters. The Labute approximate surface area is 121 Å². The fourth-order valence-corrected chi connectivity index (χ4v) is 3.48. The Morgan fingerprint density at radius 3 is 2.45 bits per heavy atom. The Hall–Kier alpha value is -1.38. The highest BCUT2D eigenvalue weighted by Crippen LogP contribution is 2.18. The summed E-state index contributed by atoms with van der Waals surface area (Å²) in [4.78, 5) is 0.188. The lowest BCUT2D eigenvalue weighted by molar-refractivity contribution is 0.485. The van der Waals surface area contributed by atoms with Crippen molar-refractivity contribution < 1.29 is 8.42 Å². The molecular weight excluding hydrogens is 272 g/mol. The van der Waals surface area contributed by atoms with Crippen molar-refractivity contribution in [2.75, 3.05) is 0 Å². The maximum Gasteiger partial charge on any atom is 0.241 e. The topological polar surface area (TPSA) is 70.0 Å². The molecule has 20 heavy (non-hydrogen) atoms. The number of hydrogen-bond acceptors (Lipinski definition) is 3. The van der Waals surface area contributed by atoms with E-state index in [0.717, 1.165) is 12.8 Å². The number of benzene rings is 1.